The molecule has 0 saturated heterocycles. The van der Waals surface area contributed by atoms with E-state index in [4.69, 9.17) is 5.11 Å². The van der Waals surface area contributed by atoms with Crippen LogP contribution in [-0.2, 0) is 9.59 Å². The third-order valence-electron chi connectivity index (χ3n) is 3.56. The second-order valence-corrected chi connectivity index (χ2v) is 5.30. The van der Waals surface area contributed by atoms with E-state index in [9.17, 15) is 9.59 Å². The van der Waals surface area contributed by atoms with Crippen molar-refractivity contribution >= 4 is 17.6 Å². The van der Waals surface area contributed by atoms with Gasteiger partial charge in [-0.05, 0) is 31.5 Å². The first-order chi connectivity index (χ1) is 10.5. The molecule has 22 heavy (non-hydrogen) atoms. The molecule has 0 aliphatic carbocycles. The molecule has 2 aromatic rings. The summed E-state index contributed by atoms with van der Waals surface area (Å²) >= 11 is 0. The molecule has 0 aliphatic rings. The maximum atomic E-state index is 12.1. The van der Waals surface area contributed by atoms with Crippen molar-refractivity contribution in [3.8, 4) is 0 Å². The Morgan fingerprint density at radius 2 is 2.14 bits per heavy atom. The number of amides is 1. The van der Waals surface area contributed by atoms with Gasteiger partial charge in [0.05, 0.1) is 12.2 Å². The number of imidazole rings is 1. The fourth-order valence-corrected chi connectivity index (χ4v) is 2.14. The summed E-state index contributed by atoms with van der Waals surface area (Å²) in [5.74, 6) is -1.62. The highest BCUT2D eigenvalue weighted by molar-refractivity contribution is 5.91. The van der Waals surface area contributed by atoms with Crippen molar-refractivity contribution in [3.63, 3.8) is 0 Å². The molecule has 1 aromatic heterocycles. The van der Waals surface area contributed by atoms with E-state index in [2.05, 4.69) is 10.3 Å². The highest BCUT2D eigenvalue weighted by atomic mass is 16.4. The van der Waals surface area contributed by atoms with Crippen LogP contribution in [0.3, 0.4) is 0 Å². The Morgan fingerprint density at radius 1 is 1.36 bits per heavy atom. The van der Waals surface area contributed by atoms with Gasteiger partial charge in [0.1, 0.15) is 0 Å². The average Bonchev–Trinajstić information content (AvgIpc) is 3.00. The van der Waals surface area contributed by atoms with Gasteiger partial charge in [0, 0.05) is 30.5 Å². The Hall–Kier alpha value is -2.63. The predicted octanol–water partition coefficient (Wildman–Crippen LogP) is 2.66. The number of benzene rings is 1. The van der Waals surface area contributed by atoms with E-state index in [1.54, 1.807) is 43.7 Å². The number of aliphatic carboxylic acids is 1. The Labute approximate surface area is 128 Å². The number of hydrogen-bond donors (Lipinski definition) is 2. The minimum atomic E-state index is -0.891. The third kappa shape index (κ3) is 3.94. The highest BCUT2D eigenvalue weighted by Gasteiger charge is 2.15. The molecule has 0 radical (unpaired) electrons. The van der Waals surface area contributed by atoms with Gasteiger partial charge in [-0.1, -0.05) is 12.1 Å². The molecule has 0 spiro atoms. The summed E-state index contributed by atoms with van der Waals surface area (Å²) in [6.45, 7) is 3.55. The van der Waals surface area contributed by atoms with Gasteiger partial charge in [-0.25, -0.2) is 4.98 Å². The molecular formula is C16H19N3O3. The molecule has 1 heterocycles. The monoisotopic (exact) mass is 301 g/mol. The average molecular weight is 301 g/mol. The van der Waals surface area contributed by atoms with Crippen molar-refractivity contribution in [1.82, 2.24) is 9.55 Å². The molecule has 6 nitrogen and oxygen atoms in total. The number of carboxylic acids is 1. The molecular weight excluding hydrogens is 282 g/mol. The lowest BCUT2D eigenvalue weighted by atomic mass is 10.0. The quantitative estimate of drug-likeness (QED) is 0.859. The lowest BCUT2D eigenvalue weighted by molar-refractivity contribution is -0.138. The van der Waals surface area contributed by atoms with Crippen LogP contribution in [0.5, 0.6) is 0 Å². The van der Waals surface area contributed by atoms with Crippen LogP contribution in [-0.4, -0.2) is 26.5 Å². The standard InChI is InChI=1S/C16H19N3O3/c1-11(19-7-6-17-10-19)8-15(20)18-14-5-3-4-13(9-14)12(2)16(21)22/h3-7,9-12H,8H2,1-2H3,(H,18,20)(H,21,22). The second-order valence-electron chi connectivity index (χ2n) is 5.30. The molecule has 2 atom stereocenters. The molecule has 2 rings (SSSR count). The SMILES string of the molecule is CC(C(=O)O)c1cccc(NC(=O)CC(C)n2ccnc2)c1. The number of aromatic nitrogens is 2. The zero-order valence-electron chi connectivity index (χ0n) is 12.6. The second kappa shape index (κ2) is 6.89. The lowest BCUT2D eigenvalue weighted by Gasteiger charge is -2.14. The van der Waals surface area contributed by atoms with E-state index >= 15 is 0 Å². The van der Waals surface area contributed by atoms with Crippen molar-refractivity contribution in [2.45, 2.75) is 32.2 Å². The van der Waals surface area contributed by atoms with Gasteiger partial charge < -0.3 is 15.0 Å². The van der Waals surface area contributed by atoms with Crippen LogP contribution in [0.4, 0.5) is 5.69 Å². The van der Waals surface area contributed by atoms with Crippen molar-refractivity contribution in [1.29, 1.82) is 0 Å². The number of nitrogens with one attached hydrogen (secondary N) is 1. The molecule has 2 N–H and O–H groups in total. The molecule has 0 aliphatic heterocycles. The number of carbonyl (C=O) groups is 2. The Balaban J connectivity index is 2.00. The fourth-order valence-electron chi connectivity index (χ4n) is 2.14. The molecule has 0 saturated carbocycles. The molecule has 2 unspecified atom stereocenters. The van der Waals surface area contributed by atoms with E-state index in [1.165, 1.54) is 0 Å². The largest absolute Gasteiger partial charge is 0.481 e. The first-order valence-corrected chi connectivity index (χ1v) is 7.07. The summed E-state index contributed by atoms with van der Waals surface area (Å²) in [7, 11) is 0. The van der Waals surface area contributed by atoms with E-state index in [1.807, 2.05) is 17.7 Å². The molecule has 0 fully saturated rings. The zero-order chi connectivity index (χ0) is 16.1. The van der Waals surface area contributed by atoms with Crippen LogP contribution in [0.2, 0.25) is 0 Å². The van der Waals surface area contributed by atoms with Crippen LogP contribution in [0, 0.1) is 0 Å². The van der Waals surface area contributed by atoms with Gasteiger partial charge in [0.2, 0.25) is 5.91 Å². The van der Waals surface area contributed by atoms with Gasteiger partial charge in [0.25, 0.3) is 0 Å². The molecule has 1 aromatic carbocycles. The normalized spacial score (nSPS) is 13.4. The molecule has 6 heteroatoms. The molecule has 0 bridgehead atoms. The van der Waals surface area contributed by atoms with Crippen LogP contribution in [0.1, 0.15) is 37.8 Å². The van der Waals surface area contributed by atoms with E-state index in [0.29, 0.717) is 17.7 Å². The smallest absolute Gasteiger partial charge is 0.310 e. The van der Waals surface area contributed by atoms with Crippen LogP contribution < -0.4 is 5.32 Å². The number of carbonyl (C=O) groups excluding carboxylic acids is 1. The maximum absolute atomic E-state index is 12.1. The van der Waals surface area contributed by atoms with Crippen LogP contribution in [0.15, 0.2) is 43.0 Å². The first kappa shape index (κ1) is 15.8. The minimum absolute atomic E-state index is 0.00336. The van der Waals surface area contributed by atoms with Gasteiger partial charge in [0.15, 0.2) is 0 Å². The van der Waals surface area contributed by atoms with E-state index < -0.39 is 11.9 Å². The number of nitrogens with zero attached hydrogens (tertiary/aromatic N) is 2. The number of carboxylic acid groups (broad SMARTS) is 1. The highest BCUT2D eigenvalue weighted by Crippen LogP contribution is 2.20. The lowest BCUT2D eigenvalue weighted by Crippen LogP contribution is -2.17. The minimum Gasteiger partial charge on any atom is -0.481 e. The van der Waals surface area contributed by atoms with Gasteiger partial charge in [-0.3, -0.25) is 9.59 Å². The fraction of sp³-hybridized carbons (Fsp3) is 0.312. The van der Waals surface area contributed by atoms with E-state index in [0.717, 1.165) is 0 Å². The summed E-state index contributed by atoms with van der Waals surface area (Å²) in [5.41, 5.74) is 1.27. The van der Waals surface area contributed by atoms with Gasteiger partial charge >= 0.3 is 5.97 Å². The maximum Gasteiger partial charge on any atom is 0.310 e. The summed E-state index contributed by atoms with van der Waals surface area (Å²) in [5, 5.41) is 11.8. The van der Waals surface area contributed by atoms with Crippen molar-refractivity contribution in [2.75, 3.05) is 5.32 Å². The Morgan fingerprint density at radius 3 is 2.77 bits per heavy atom. The predicted molar refractivity (Wildman–Crippen MR) is 82.7 cm³/mol. The van der Waals surface area contributed by atoms with Crippen LogP contribution >= 0.6 is 0 Å². The Kier molecular flexibility index (Phi) is 4.93. The van der Waals surface area contributed by atoms with Gasteiger partial charge in [-0.15, -0.1) is 0 Å². The summed E-state index contributed by atoms with van der Waals surface area (Å²) in [4.78, 5) is 27.0. The summed E-state index contributed by atoms with van der Waals surface area (Å²) in [6.07, 6.45) is 5.47. The first-order valence-electron chi connectivity index (χ1n) is 7.07. The summed E-state index contributed by atoms with van der Waals surface area (Å²) in [6, 6.07) is 6.92. The van der Waals surface area contributed by atoms with Crippen molar-refractivity contribution in [3.05, 3.63) is 48.5 Å². The molecule has 1 amide bonds. The summed E-state index contributed by atoms with van der Waals surface area (Å²) < 4.78 is 1.86. The third-order valence-corrected chi connectivity index (χ3v) is 3.56. The topological polar surface area (TPSA) is 84.2 Å². The molecule has 116 valence electrons. The number of rotatable bonds is 6. The van der Waals surface area contributed by atoms with Crippen molar-refractivity contribution in [2.24, 2.45) is 0 Å². The van der Waals surface area contributed by atoms with Gasteiger partial charge in [-0.2, -0.15) is 0 Å². The number of hydrogen-bond acceptors (Lipinski definition) is 3. The Bertz CT molecular complexity index is 652. The van der Waals surface area contributed by atoms with Crippen molar-refractivity contribution < 1.29 is 14.7 Å². The van der Waals surface area contributed by atoms with E-state index in [-0.39, 0.29) is 11.9 Å². The number of anilines is 1. The van der Waals surface area contributed by atoms with Crippen LogP contribution in [0.25, 0.3) is 0 Å². The zero-order valence-corrected chi connectivity index (χ0v) is 12.6.